The Morgan fingerprint density at radius 2 is 2.00 bits per heavy atom. The van der Waals surface area contributed by atoms with Crippen molar-refractivity contribution in [2.24, 2.45) is 0 Å². The summed E-state index contributed by atoms with van der Waals surface area (Å²) >= 11 is 3.01. The Morgan fingerprint density at radius 3 is 2.55 bits per heavy atom. The normalized spacial score (nSPS) is 15.9. The van der Waals surface area contributed by atoms with E-state index in [4.69, 9.17) is 4.74 Å². The summed E-state index contributed by atoms with van der Waals surface area (Å²) in [4.78, 5) is 18.5. The van der Waals surface area contributed by atoms with Crippen LogP contribution in [0.5, 0.6) is 0 Å². The number of pyridine rings is 1. The van der Waals surface area contributed by atoms with Gasteiger partial charge in [-0.15, -0.1) is 0 Å². The summed E-state index contributed by atoms with van der Waals surface area (Å²) in [6.45, 7) is 3.12. The van der Waals surface area contributed by atoms with Gasteiger partial charge >= 0.3 is 12.3 Å². The second kappa shape index (κ2) is 6.72. The van der Waals surface area contributed by atoms with Gasteiger partial charge in [-0.25, -0.2) is 9.78 Å². The lowest BCUT2D eigenvalue weighted by atomic mass is 10.2. The molecule has 1 aromatic heterocycles. The highest BCUT2D eigenvalue weighted by Gasteiger charge is 2.37. The molecule has 122 valence electrons. The van der Waals surface area contributed by atoms with Crippen LogP contribution in [0.2, 0.25) is 0 Å². The molecule has 1 aliphatic heterocycles. The summed E-state index contributed by atoms with van der Waals surface area (Å²) < 4.78 is 44.5. The van der Waals surface area contributed by atoms with Crippen molar-refractivity contribution in [3.8, 4) is 0 Å². The summed E-state index contributed by atoms with van der Waals surface area (Å²) in [5, 5.41) is 0. The molecule has 1 aromatic rings. The maximum Gasteiger partial charge on any atom is 0.419 e. The lowest BCUT2D eigenvalue weighted by Crippen LogP contribution is -2.49. The van der Waals surface area contributed by atoms with Crippen LogP contribution in [0.15, 0.2) is 16.7 Å². The molecule has 0 aliphatic carbocycles. The molecule has 0 aromatic carbocycles. The summed E-state index contributed by atoms with van der Waals surface area (Å²) in [7, 11) is 0. The number of halogens is 4. The van der Waals surface area contributed by atoms with E-state index in [1.165, 1.54) is 16.0 Å². The molecule has 1 fully saturated rings. The standard InChI is InChI=1S/C13H15BrF3N3O2/c1-2-22-12(21)20-5-3-19(4-6-20)11-10(13(15,16)17)7-9(14)8-18-11/h7-8H,2-6H2,1H3. The fraction of sp³-hybridized carbons (Fsp3) is 0.538. The summed E-state index contributed by atoms with van der Waals surface area (Å²) in [6, 6.07) is 1.01. The zero-order valence-corrected chi connectivity index (χ0v) is 13.4. The molecular formula is C13H15BrF3N3O2. The number of carbonyl (C=O) groups is 1. The Morgan fingerprint density at radius 1 is 1.36 bits per heavy atom. The van der Waals surface area contributed by atoms with Gasteiger partial charge in [-0.3, -0.25) is 0 Å². The highest BCUT2D eigenvalue weighted by Crippen LogP contribution is 2.37. The molecule has 0 bridgehead atoms. The van der Waals surface area contributed by atoms with Crippen LogP contribution in [0, 0.1) is 0 Å². The van der Waals surface area contributed by atoms with Gasteiger partial charge in [-0.2, -0.15) is 13.2 Å². The third-order valence-electron chi connectivity index (χ3n) is 3.24. The molecule has 0 radical (unpaired) electrons. The van der Waals surface area contributed by atoms with E-state index in [0.29, 0.717) is 13.1 Å². The van der Waals surface area contributed by atoms with Crippen LogP contribution >= 0.6 is 15.9 Å². The first-order valence-corrected chi connectivity index (χ1v) is 7.51. The van der Waals surface area contributed by atoms with Crippen molar-refractivity contribution in [1.29, 1.82) is 0 Å². The molecule has 0 spiro atoms. The van der Waals surface area contributed by atoms with E-state index in [-0.39, 0.29) is 30.0 Å². The molecule has 1 saturated heterocycles. The SMILES string of the molecule is CCOC(=O)N1CCN(c2ncc(Br)cc2C(F)(F)F)CC1. The first-order chi connectivity index (χ1) is 10.3. The third kappa shape index (κ3) is 3.82. The Balaban J connectivity index is 2.13. The van der Waals surface area contributed by atoms with Crippen molar-refractivity contribution in [2.75, 3.05) is 37.7 Å². The minimum atomic E-state index is -4.48. The van der Waals surface area contributed by atoms with Gasteiger partial charge in [0.25, 0.3) is 0 Å². The van der Waals surface area contributed by atoms with Crippen LogP contribution in [-0.2, 0) is 10.9 Å². The first-order valence-electron chi connectivity index (χ1n) is 6.72. The number of aromatic nitrogens is 1. The van der Waals surface area contributed by atoms with E-state index >= 15 is 0 Å². The Labute approximate surface area is 134 Å². The molecule has 0 unspecified atom stereocenters. The molecule has 0 N–H and O–H groups in total. The Bertz CT molecular complexity index is 546. The van der Waals surface area contributed by atoms with Crippen LogP contribution in [0.3, 0.4) is 0 Å². The molecule has 0 atom stereocenters. The number of rotatable bonds is 2. The minimum absolute atomic E-state index is 0.112. The van der Waals surface area contributed by atoms with Crippen LogP contribution < -0.4 is 4.90 Å². The smallest absolute Gasteiger partial charge is 0.419 e. The lowest BCUT2D eigenvalue weighted by molar-refractivity contribution is -0.137. The minimum Gasteiger partial charge on any atom is -0.450 e. The quantitative estimate of drug-likeness (QED) is 0.789. The van der Waals surface area contributed by atoms with Gasteiger partial charge in [-0.05, 0) is 28.9 Å². The average Bonchev–Trinajstić information content (AvgIpc) is 2.47. The summed E-state index contributed by atoms with van der Waals surface area (Å²) in [5.41, 5.74) is -0.786. The molecule has 2 heterocycles. The number of hydrogen-bond acceptors (Lipinski definition) is 4. The van der Waals surface area contributed by atoms with Gasteiger partial charge < -0.3 is 14.5 Å². The van der Waals surface area contributed by atoms with Gasteiger partial charge in [0.2, 0.25) is 0 Å². The van der Waals surface area contributed by atoms with Gasteiger partial charge in [0.1, 0.15) is 5.82 Å². The number of nitrogens with zero attached hydrogens (tertiary/aromatic N) is 3. The van der Waals surface area contributed by atoms with E-state index < -0.39 is 17.8 Å². The molecular weight excluding hydrogens is 367 g/mol. The fourth-order valence-electron chi connectivity index (χ4n) is 2.21. The van der Waals surface area contributed by atoms with Gasteiger partial charge in [0, 0.05) is 36.8 Å². The highest BCUT2D eigenvalue weighted by atomic mass is 79.9. The largest absolute Gasteiger partial charge is 0.450 e. The number of alkyl halides is 3. The first kappa shape index (κ1) is 16.9. The summed E-state index contributed by atoms with van der Waals surface area (Å²) in [6.07, 6.45) is -3.59. The second-order valence-electron chi connectivity index (χ2n) is 4.70. The number of carbonyl (C=O) groups excluding carboxylic acids is 1. The van der Waals surface area contributed by atoms with Crippen LogP contribution in [0.1, 0.15) is 12.5 Å². The van der Waals surface area contributed by atoms with Crippen molar-refractivity contribution < 1.29 is 22.7 Å². The lowest BCUT2D eigenvalue weighted by Gasteiger charge is -2.35. The highest BCUT2D eigenvalue weighted by molar-refractivity contribution is 9.10. The van der Waals surface area contributed by atoms with Crippen molar-refractivity contribution in [2.45, 2.75) is 13.1 Å². The summed E-state index contributed by atoms with van der Waals surface area (Å²) in [5.74, 6) is -0.112. The molecule has 9 heteroatoms. The predicted molar refractivity (Wildman–Crippen MR) is 77.7 cm³/mol. The van der Waals surface area contributed by atoms with Crippen LogP contribution in [-0.4, -0.2) is 48.8 Å². The van der Waals surface area contributed by atoms with Crippen molar-refractivity contribution in [1.82, 2.24) is 9.88 Å². The van der Waals surface area contributed by atoms with Crippen LogP contribution in [0.4, 0.5) is 23.8 Å². The number of piperazine rings is 1. The van der Waals surface area contributed by atoms with Crippen LogP contribution in [0.25, 0.3) is 0 Å². The topological polar surface area (TPSA) is 45.7 Å². The molecule has 22 heavy (non-hydrogen) atoms. The zero-order chi connectivity index (χ0) is 16.3. The average molecular weight is 382 g/mol. The maximum absolute atomic E-state index is 13.1. The molecule has 0 saturated carbocycles. The van der Waals surface area contributed by atoms with E-state index in [1.54, 1.807) is 6.92 Å². The molecule has 1 amide bonds. The number of hydrogen-bond donors (Lipinski definition) is 0. The van der Waals surface area contributed by atoms with E-state index in [1.807, 2.05) is 0 Å². The second-order valence-corrected chi connectivity index (χ2v) is 5.61. The fourth-order valence-corrected chi connectivity index (χ4v) is 2.54. The third-order valence-corrected chi connectivity index (χ3v) is 3.68. The maximum atomic E-state index is 13.1. The molecule has 5 nitrogen and oxygen atoms in total. The van der Waals surface area contributed by atoms with Crippen molar-refractivity contribution in [3.05, 3.63) is 22.3 Å². The van der Waals surface area contributed by atoms with Gasteiger partial charge in [0.05, 0.1) is 12.2 Å². The van der Waals surface area contributed by atoms with Crippen molar-refractivity contribution in [3.63, 3.8) is 0 Å². The predicted octanol–water partition coefficient (Wildman–Crippen LogP) is 3.14. The molecule has 2 rings (SSSR count). The van der Waals surface area contributed by atoms with E-state index in [9.17, 15) is 18.0 Å². The van der Waals surface area contributed by atoms with E-state index in [2.05, 4.69) is 20.9 Å². The number of anilines is 1. The number of ether oxygens (including phenoxy) is 1. The van der Waals surface area contributed by atoms with Gasteiger partial charge in [0.15, 0.2) is 0 Å². The van der Waals surface area contributed by atoms with E-state index in [0.717, 1.165) is 6.07 Å². The number of amides is 1. The Hall–Kier alpha value is -1.51. The van der Waals surface area contributed by atoms with Crippen molar-refractivity contribution >= 4 is 27.8 Å². The van der Waals surface area contributed by atoms with Gasteiger partial charge in [-0.1, -0.05) is 0 Å². The Kier molecular flexibility index (Phi) is 5.15. The monoisotopic (exact) mass is 381 g/mol. The molecule has 1 aliphatic rings. The zero-order valence-electron chi connectivity index (χ0n) is 11.9.